The maximum atomic E-state index is 5.59. The first-order chi connectivity index (χ1) is 8.44. The molecule has 0 fully saturated rings. The Hall–Kier alpha value is 0.0200. The third kappa shape index (κ3) is 4.00. The number of allylic oxidation sites excluding steroid dienone is 3. The van der Waals surface area contributed by atoms with E-state index >= 15 is 0 Å². The van der Waals surface area contributed by atoms with Crippen LogP contribution in [-0.4, -0.2) is 34.1 Å². The molecule has 1 rings (SSSR count). The van der Waals surface area contributed by atoms with E-state index in [1.165, 1.54) is 5.57 Å². The summed E-state index contributed by atoms with van der Waals surface area (Å²) in [6, 6.07) is 0. The largest absolute Gasteiger partial charge is 1.00 e. The predicted octanol–water partition coefficient (Wildman–Crippen LogP) is 0.806. The van der Waals surface area contributed by atoms with Crippen molar-refractivity contribution in [3.05, 3.63) is 23.8 Å². The lowest BCUT2D eigenvalue weighted by molar-refractivity contribution is -0.919. The van der Waals surface area contributed by atoms with Crippen LogP contribution >= 0.6 is 22.6 Å². The second-order valence-electron chi connectivity index (χ2n) is 5.38. The minimum Gasteiger partial charge on any atom is -1.00 e. The van der Waals surface area contributed by atoms with Gasteiger partial charge in [-0.15, -0.1) is 6.42 Å². The third-order valence-electron chi connectivity index (χ3n) is 4.46. The Bertz CT molecular complexity index is 390. The summed E-state index contributed by atoms with van der Waals surface area (Å²) in [6.07, 6.45) is 12.3. The van der Waals surface area contributed by atoms with E-state index in [0.717, 1.165) is 30.7 Å². The highest BCUT2D eigenvalue weighted by molar-refractivity contribution is 14.1. The molecule has 0 aromatic heterocycles. The molecule has 3 heteroatoms. The molecule has 2 atom stereocenters. The highest BCUT2D eigenvalue weighted by atomic mass is 127. The lowest BCUT2D eigenvalue weighted by atomic mass is 9.83. The Morgan fingerprint density at radius 3 is 2.42 bits per heavy atom. The van der Waals surface area contributed by atoms with Gasteiger partial charge in [0.1, 0.15) is 6.54 Å². The highest BCUT2D eigenvalue weighted by Gasteiger charge is 2.42. The molecule has 1 aliphatic rings. The molecule has 0 bridgehead atoms. The van der Waals surface area contributed by atoms with E-state index in [0.29, 0.717) is 5.92 Å². The SMILES string of the molecule is C#CC[N+](CC)(CC)CC1(I)C(C)=CC=CC1C.[Cl-]. The summed E-state index contributed by atoms with van der Waals surface area (Å²) in [5, 5.41) is 0. The second kappa shape index (κ2) is 7.71. The fraction of sp³-hybridized carbons (Fsp3) is 0.625. The van der Waals surface area contributed by atoms with Crippen molar-refractivity contribution < 1.29 is 16.9 Å². The van der Waals surface area contributed by atoms with Crippen molar-refractivity contribution in [3.63, 3.8) is 0 Å². The van der Waals surface area contributed by atoms with Gasteiger partial charge in [0.25, 0.3) is 0 Å². The normalized spacial score (nSPS) is 26.3. The number of quaternary nitrogens is 1. The van der Waals surface area contributed by atoms with Crippen molar-refractivity contribution in [3.8, 4) is 12.3 Å². The van der Waals surface area contributed by atoms with Crippen LogP contribution in [-0.2, 0) is 0 Å². The number of nitrogens with zero attached hydrogens (tertiary/aromatic N) is 1. The minimum absolute atomic E-state index is 0. The number of alkyl halides is 1. The monoisotopic (exact) mass is 393 g/mol. The molecule has 0 amide bonds. The highest BCUT2D eigenvalue weighted by Crippen LogP contribution is 2.41. The molecule has 1 aliphatic carbocycles. The fourth-order valence-electron chi connectivity index (χ4n) is 2.69. The zero-order valence-corrected chi connectivity index (χ0v) is 15.3. The van der Waals surface area contributed by atoms with Crippen LogP contribution in [0.3, 0.4) is 0 Å². The topological polar surface area (TPSA) is 0 Å². The molecule has 0 saturated heterocycles. The standard InChI is InChI=1S/C16H25IN.ClH/c1-6-12-18(7-2,8-3)13-16(17)14(4)10-9-11-15(16)5;/h1,9-11,14H,7-8,12-13H2,2-5H3;1H/q+1;/p-1. The van der Waals surface area contributed by atoms with E-state index in [2.05, 4.69) is 74.4 Å². The molecule has 2 unspecified atom stereocenters. The van der Waals surface area contributed by atoms with E-state index in [9.17, 15) is 0 Å². The van der Waals surface area contributed by atoms with Gasteiger partial charge >= 0.3 is 0 Å². The molecule has 0 aromatic rings. The smallest absolute Gasteiger partial charge is 0.140 e. The first-order valence-electron chi connectivity index (χ1n) is 6.77. The number of halogens is 2. The Labute approximate surface area is 138 Å². The predicted molar refractivity (Wildman–Crippen MR) is 88.7 cm³/mol. The summed E-state index contributed by atoms with van der Waals surface area (Å²) < 4.78 is 1.22. The van der Waals surface area contributed by atoms with Crippen LogP contribution in [0.5, 0.6) is 0 Å². The van der Waals surface area contributed by atoms with Crippen molar-refractivity contribution in [1.82, 2.24) is 0 Å². The Balaban J connectivity index is 0.00000324. The Morgan fingerprint density at radius 2 is 2.00 bits per heavy atom. The number of rotatable bonds is 5. The van der Waals surface area contributed by atoms with Gasteiger partial charge in [0.15, 0.2) is 0 Å². The average molecular weight is 394 g/mol. The first kappa shape index (κ1) is 19.0. The van der Waals surface area contributed by atoms with Gasteiger partial charge in [-0.2, -0.15) is 0 Å². The van der Waals surface area contributed by atoms with Crippen molar-refractivity contribution in [2.75, 3.05) is 26.2 Å². The van der Waals surface area contributed by atoms with Crippen LogP contribution < -0.4 is 12.4 Å². The van der Waals surface area contributed by atoms with Gasteiger partial charge < -0.3 is 16.9 Å². The molecule has 0 N–H and O–H groups in total. The zero-order chi connectivity index (χ0) is 13.8. The quantitative estimate of drug-likeness (QED) is 0.281. The molecular weight excluding hydrogens is 369 g/mol. The van der Waals surface area contributed by atoms with Crippen LogP contribution in [0.25, 0.3) is 0 Å². The van der Waals surface area contributed by atoms with Crippen LogP contribution in [0.1, 0.15) is 27.7 Å². The molecule has 0 heterocycles. The molecule has 1 nitrogen and oxygen atoms in total. The first-order valence-corrected chi connectivity index (χ1v) is 7.85. The van der Waals surface area contributed by atoms with Gasteiger partial charge in [-0.3, -0.25) is 0 Å². The Kier molecular flexibility index (Phi) is 7.72. The van der Waals surface area contributed by atoms with Gasteiger partial charge in [-0.25, -0.2) is 0 Å². The van der Waals surface area contributed by atoms with Crippen molar-refractivity contribution in [2.24, 2.45) is 5.92 Å². The van der Waals surface area contributed by atoms with E-state index in [1.807, 2.05) is 0 Å². The summed E-state index contributed by atoms with van der Waals surface area (Å²) in [4.78, 5) is 0. The van der Waals surface area contributed by atoms with Crippen LogP contribution in [0.2, 0.25) is 0 Å². The van der Waals surface area contributed by atoms with Crippen molar-refractivity contribution in [1.29, 1.82) is 0 Å². The van der Waals surface area contributed by atoms with E-state index in [-0.39, 0.29) is 15.8 Å². The lowest BCUT2D eigenvalue weighted by Gasteiger charge is -2.45. The lowest BCUT2D eigenvalue weighted by Crippen LogP contribution is -3.00. The summed E-state index contributed by atoms with van der Waals surface area (Å²) in [5.74, 6) is 3.44. The molecule has 0 radical (unpaired) electrons. The molecule has 0 spiro atoms. The summed E-state index contributed by atoms with van der Waals surface area (Å²) in [6.45, 7) is 13.2. The van der Waals surface area contributed by atoms with Crippen molar-refractivity contribution in [2.45, 2.75) is 31.1 Å². The number of hydrogen-bond acceptors (Lipinski definition) is 0. The summed E-state index contributed by atoms with van der Waals surface area (Å²) in [5.41, 5.74) is 1.47. The van der Waals surface area contributed by atoms with Crippen LogP contribution in [0, 0.1) is 18.3 Å². The molecule has 0 aromatic carbocycles. The van der Waals surface area contributed by atoms with Gasteiger partial charge in [0.05, 0.1) is 23.1 Å². The van der Waals surface area contributed by atoms with E-state index in [1.54, 1.807) is 0 Å². The van der Waals surface area contributed by atoms with Gasteiger partial charge in [0.2, 0.25) is 0 Å². The average Bonchev–Trinajstić information content (AvgIpc) is 2.36. The maximum Gasteiger partial charge on any atom is 0.140 e. The fourth-order valence-corrected chi connectivity index (χ4v) is 3.80. The molecule has 0 saturated carbocycles. The molecule has 108 valence electrons. The third-order valence-corrected chi connectivity index (χ3v) is 6.63. The Morgan fingerprint density at radius 1 is 1.42 bits per heavy atom. The van der Waals surface area contributed by atoms with Gasteiger partial charge in [-0.05, 0) is 32.6 Å². The molecule has 0 aliphatic heterocycles. The van der Waals surface area contributed by atoms with E-state index in [4.69, 9.17) is 6.42 Å². The summed E-state index contributed by atoms with van der Waals surface area (Å²) in [7, 11) is 0. The van der Waals surface area contributed by atoms with Crippen LogP contribution in [0.4, 0.5) is 0 Å². The van der Waals surface area contributed by atoms with Gasteiger partial charge in [0, 0.05) is 0 Å². The van der Waals surface area contributed by atoms with Crippen LogP contribution in [0.15, 0.2) is 23.8 Å². The minimum atomic E-state index is 0. The summed E-state index contributed by atoms with van der Waals surface area (Å²) >= 11 is 2.65. The number of hydrogen-bond donors (Lipinski definition) is 0. The van der Waals surface area contributed by atoms with E-state index < -0.39 is 0 Å². The maximum absolute atomic E-state index is 5.59. The molecular formula is C16H25ClIN. The zero-order valence-electron chi connectivity index (χ0n) is 12.4. The molecule has 19 heavy (non-hydrogen) atoms. The van der Waals surface area contributed by atoms with Crippen molar-refractivity contribution >= 4 is 22.6 Å². The second-order valence-corrected chi connectivity index (χ2v) is 7.31. The van der Waals surface area contributed by atoms with Gasteiger partial charge in [-0.1, -0.05) is 53.3 Å². The number of terminal acetylenes is 1.